The number of halogens is 1. The summed E-state index contributed by atoms with van der Waals surface area (Å²) < 4.78 is 9.89. The highest BCUT2D eigenvalue weighted by Crippen LogP contribution is 2.33. The van der Waals surface area contributed by atoms with Crippen LogP contribution in [0, 0.1) is 0 Å². The summed E-state index contributed by atoms with van der Waals surface area (Å²) in [5.74, 6) is 0.366. The van der Waals surface area contributed by atoms with Gasteiger partial charge in [0.25, 0.3) is 0 Å². The van der Waals surface area contributed by atoms with Gasteiger partial charge in [-0.2, -0.15) is 0 Å². The summed E-state index contributed by atoms with van der Waals surface area (Å²) >= 11 is 6.24. The largest absolute Gasteiger partial charge is 0.495 e. The van der Waals surface area contributed by atoms with E-state index in [1.54, 1.807) is 7.11 Å². The lowest BCUT2D eigenvalue weighted by atomic mass is 9.95. The quantitative estimate of drug-likeness (QED) is 0.815. The second-order valence-electron chi connectivity index (χ2n) is 3.88. The molecule has 2 rings (SSSR count). The number of hydrogen-bond acceptors (Lipinski definition) is 4. The molecule has 1 heterocycles. The van der Waals surface area contributed by atoms with E-state index in [-0.39, 0.29) is 12.0 Å². The van der Waals surface area contributed by atoms with Crippen molar-refractivity contribution in [2.24, 2.45) is 0 Å². The van der Waals surface area contributed by atoms with Gasteiger partial charge in [0.05, 0.1) is 19.2 Å². The van der Waals surface area contributed by atoms with Crippen LogP contribution in [0.15, 0.2) is 12.1 Å². The van der Waals surface area contributed by atoms with Crippen LogP contribution in [0.25, 0.3) is 0 Å². The zero-order valence-corrected chi connectivity index (χ0v) is 10.5. The average molecular weight is 256 g/mol. The fourth-order valence-corrected chi connectivity index (χ4v) is 2.34. The van der Waals surface area contributed by atoms with E-state index in [9.17, 15) is 4.79 Å². The Bertz CT molecular complexity index is 448. The maximum Gasteiger partial charge on any atom is 0.323 e. The molecule has 0 aliphatic carbocycles. The van der Waals surface area contributed by atoms with Crippen LogP contribution in [-0.2, 0) is 22.5 Å². The summed E-state index contributed by atoms with van der Waals surface area (Å²) in [4.78, 5) is 11.5. The van der Waals surface area contributed by atoms with Crippen molar-refractivity contribution in [3.8, 4) is 5.75 Å². The van der Waals surface area contributed by atoms with E-state index >= 15 is 0 Å². The van der Waals surface area contributed by atoms with Crippen LogP contribution in [0.1, 0.15) is 11.1 Å². The molecule has 0 radical (unpaired) electrons. The van der Waals surface area contributed by atoms with Crippen LogP contribution in [0.5, 0.6) is 5.75 Å². The van der Waals surface area contributed by atoms with E-state index in [1.165, 1.54) is 7.11 Å². The third-order valence-electron chi connectivity index (χ3n) is 2.96. The summed E-state index contributed by atoms with van der Waals surface area (Å²) in [6.07, 6.45) is 0.526. The van der Waals surface area contributed by atoms with Gasteiger partial charge in [0, 0.05) is 13.0 Å². The Morgan fingerprint density at radius 3 is 2.88 bits per heavy atom. The van der Waals surface area contributed by atoms with Crippen LogP contribution in [0.4, 0.5) is 0 Å². The number of rotatable bonds is 2. The van der Waals surface area contributed by atoms with Gasteiger partial charge in [-0.25, -0.2) is 0 Å². The summed E-state index contributed by atoms with van der Waals surface area (Å²) in [5, 5.41) is 3.70. The molecule has 0 fully saturated rings. The number of esters is 1. The second kappa shape index (κ2) is 4.94. The SMILES string of the molecule is COC(=O)[C@@H]1Cc2c(ccc(OC)c2Cl)CN1. The monoisotopic (exact) mass is 255 g/mol. The molecule has 0 saturated heterocycles. The van der Waals surface area contributed by atoms with Gasteiger partial charge in [-0.05, 0) is 17.2 Å². The first-order valence-corrected chi connectivity index (χ1v) is 5.70. The number of hydrogen-bond donors (Lipinski definition) is 1. The molecular formula is C12H14ClNO3. The first-order valence-electron chi connectivity index (χ1n) is 5.32. The van der Waals surface area contributed by atoms with Gasteiger partial charge < -0.3 is 14.8 Å². The van der Waals surface area contributed by atoms with Crippen molar-refractivity contribution in [2.45, 2.75) is 19.0 Å². The highest BCUT2D eigenvalue weighted by molar-refractivity contribution is 6.33. The van der Waals surface area contributed by atoms with Gasteiger partial charge in [-0.3, -0.25) is 4.79 Å². The Kier molecular flexibility index (Phi) is 3.54. The first-order chi connectivity index (χ1) is 8.17. The van der Waals surface area contributed by atoms with E-state index in [4.69, 9.17) is 21.1 Å². The van der Waals surface area contributed by atoms with Crippen molar-refractivity contribution in [3.05, 3.63) is 28.3 Å². The van der Waals surface area contributed by atoms with Gasteiger partial charge in [0.2, 0.25) is 0 Å². The Labute approximate surface area is 105 Å². The Balaban J connectivity index is 2.32. The van der Waals surface area contributed by atoms with Gasteiger partial charge in [0.15, 0.2) is 0 Å². The minimum Gasteiger partial charge on any atom is -0.495 e. The number of benzene rings is 1. The lowest BCUT2D eigenvalue weighted by Crippen LogP contribution is -2.42. The molecule has 92 valence electrons. The van der Waals surface area contributed by atoms with Crippen LogP contribution in [0.2, 0.25) is 5.02 Å². The standard InChI is InChI=1S/C12H14ClNO3/c1-16-10-4-3-7-6-14-9(12(15)17-2)5-8(7)11(10)13/h3-4,9,14H,5-6H2,1-2H3/t9-/m0/s1. The van der Waals surface area contributed by atoms with Gasteiger partial charge >= 0.3 is 5.97 Å². The third kappa shape index (κ3) is 2.23. The summed E-state index contributed by atoms with van der Waals surface area (Å²) in [5.41, 5.74) is 2.05. The molecule has 1 aromatic rings. The van der Waals surface area contributed by atoms with Crippen molar-refractivity contribution >= 4 is 17.6 Å². The highest BCUT2D eigenvalue weighted by Gasteiger charge is 2.27. The van der Waals surface area contributed by atoms with Crippen molar-refractivity contribution in [1.82, 2.24) is 5.32 Å². The number of fused-ring (bicyclic) bond motifs is 1. The molecule has 0 bridgehead atoms. The van der Waals surface area contributed by atoms with Crippen LogP contribution < -0.4 is 10.1 Å². The van der Waals surface area contributed by atoms with Gasteiger partial charge in [-0.15, -0.1) is 0 Å². The fourth-order valence-electron chi connectivity index (χ4n) is 2.00. The number of carbonyl (C=O) groups is 1. The van der Waals surface area contributed by atoms with E-state index in [2.05, 4.69) is 5.32 Å². The molecule has 5 heteroatoms. The number of methoxy groups -OCH3 is 2. The molecule has 1 N–H and O–H groups in total. The molecule has 1 atom stereocenters. The highest BCUT2D eigenvalue weighted by atomic mass is 35.5. The molecule has 0 unspecified atom stereocenters. The van der Waals surface area contributed by atoms with Crippen molar-refractivity contribution < 1.29 is 14.3 Å². The molecule has 0 aromatic heterocycles. The van der Waals surface area contributed by atoms with E-state index in [0.29, 0.717) is 23.7 Å². The molecule has 0 amide bonds. The lowest BCUT2D eigenvalue weighted by Gasteiger charge is -2.25. The predicted molar refractivity (Wildman–Crippen MR) is 64.4 cm³/mol. The molecule has 1 aliphatic rings. The molecule has 0 saturated carbocycles. The Morgan fingerprint density at radius 1 is 1.47 bits per heavy atom. The number of nitrogens with one attached hydrogen (secondary N) is 1. The normalized spacial score (nSPS) is 18.4. The minimum absolute atomic E-state index is 0.269. The zero-order valence-electron chi connectivity index (χ0n) is 9.75. The van der Waals surface area contributed by atoms with Gasteiger partial charge in [-0.1, -0.05) is 17.7 Å². The average Bonchev–Trinajstić information content (AvgIpc) is 2.38. The minimum atomic E-state index is -0.336. The summed E-state index contributed by atoms with van der Waals surface area (Å²) in [6.45, 7) is 0.610. The summed E-state index contributed by atoms with van der Waals surface area (Å²) in [7, 11) is 2.96. The molecule has 0 spiro atoms. The molecule has 4 nitrogen and oxygen atoms in total. The fraction of sp³-hybridized carbons (Fsp3) is 0.417. The van der Waals surface area contributed by atoms with Crippen LogP contribution in [0.3, 0.4) is 0 Å². The predicted octanol–water partition coefficient (Wildman–Crippen LogP) is 1.54. The van der Waals surface area contributed by atoms with E-state index < -0.39 is 0 Å². The zero-order chi connectivity index (χ0) is 12.4. The van der Waals surface area contributed by atoms with Gasteiger partial charge in [0.1, 0.15) is 11.8 Å². The topological polar surface area (TPSA) is 47.6 Å². The number of carbonyl (C=O) groups excluding carboxylic acids is 1. The van der Waals surface area contributed by atoms with Crippen LogP contribution >= 0.6 is 11.6 Å². The molecule has 1 aromatic carbocycles. The van der Waals surface area contributed by atoms with Crippen molar-refractivity contribution in [1.29, 1.82) is 0 Å². The lowest BCUT2D eigenvalue weighted by molar-refractivity contribution is -0.143. The third-order valence-corrected chi connectivity index (χ3v) is 3.37. The smallest absolute Gasteiger partial charge is 0.323 e. The Hall–Kier alpha value is -1.26. The number of ether oxygens (including phenoxy) is 2. The van der Waals surface area contributed by atoms with Crippen molar-refractivity contribution in [2.75, 3.05) is 14.2 Å². The molecule has 1 aliphatic heterocycles. The van der Waals surface area contributed by atoms with Crippen molar-refractivity contribution in [3.63, 3.8) is 0 Å². The Morgan fingerprint density at radius 2 is 2.24 bits per heavy atom. The van der Waals surface area contributed by atoms with E-state index in [0.717, 1.165) is 11.1 Å². The van der Waals surface area contributed by atoms with E-state index in [1.807, 2.05) is 12.1 Å². The summed E-state index contributed by atoms with van der Waals surface area (Å²) in [6, 6.07) is 3.46. The second-order valence-corrected chi connectivity index (χ2v) is 4.26. The molecular weight excluding hydrogens is 242 g/mol. The first kappa shape index (κ1) is 12.2. The maximum absolute atomic E-state index is 11.5. The maximum atomic E-state index is 11.5. The van der Waals surface area contributed by atoms with Crippen LogP contribution in [-0.4, -0.2) is 26.2 Å². The molecule has 17 heavy (non-hydrogen) atoms.